The fraction of sp³-hybridized carbons (Fsp3) is 0.185. The Labute approximate surface area is 228 Å². The van der Waals surface area contributed by atoms with Crippen LogP contribution >= 0.6 is 0 Å². The number of rotatable bonds is 10. The van der Waals surface area contributed by atoms with Crippen LogP contribution in [0, 0.1) is 10.1 Å². The van der Waals surface area contributed by atoms with Gasteiger partial charge < -0.3 is 30.2 Å². The summed E-state index contributed by atoms with van der Waals surface area (Å²) in [5.41, 5.74) is -0.0338. The zero-order valence-corrected chi connectivity index (χ0v) is 22.0. The number of anilines is 3. The van der Waals surface area contributed by atoms with Gasteiger partial charge in [0.25, 0.3) is 5.91 Å². The number of nitrogens with one attached hydrogen (secondary N) is 3. The van der Waals surface area contributed by atoms with Crippen LogP contribution in [0.2, 0.25) is 0 Å². The second kappa shape index (κ2) is 12.9. The van der Waals surface area contributed by atoms with Crippen molar-refractivity contribution < 1.29 is 38.3 Å². The summed E-state index contributed by atoms with van der Waals surface area (Å²) in [6, 6.07) is 13.5. The van der Waals surface area contributed by atoms with Gasteiger partial charge >= 0.3 is 11.7 Å². The van der Waals surface area contributed by atoms with E-state index in [4.69, 9.17) is 14.2 Å². The standard InChI is InChI=1S/C27H26N4O9/c1-15(32)28-19-13-21(23(38-2)12-18(19)27(35)40-4)30-26(34)17-11-24(39-3)22(31(36)37)14-20(17)29-25(33)10-16-8-6-5-7-9-16/h5-9,11-14H,10H2,1-4H3,(H,28,32)(H,29,33)(H,30,34). The average molecular weight is 551 g/mol. The number of esters is 1. The first-order chi connectivity index (χ1) is 19.1. The van der Waals surface area contributed by atoms with Crippen molar-refractivity contribution in [2.24, 2.45) is 0 Å². The predicted octanol–water partition coefficient (Wildman–Crippen LogP) is 3.79. The number of hydrogen-bond donors (Lipinski definition) is 3. The number of carbonyl (C=O) groups is 4. The van der Waals surface area contributed by atoms with Crippen molar-refractivity contribution in [2.45, 2.75) is 13.3 Å². The summed E-state index contributed by atoms with van der Waals surface area (Å²) in [5.74, 6) is -2.75. The predicted molar refractivity (Wildman–Crippen MR) is 145 cm³/mol. The van der Waals surface area contributed by atoms with Crippen molar-refractivity contribution >= 4 is 46.4 Å². The second-order valence-electron chi connectivity index (χ2n) is 8.26. The fourth-order valence-electron chi connectivity index (χ4n) is 3.75. The van der Waals surface area contributed by atoms with E-state index in [1.165, 1.54) is 33.3 Å². The smallest absolute Gasteiger partial charge is 0.340 e. The number of hydrogen-bond acceptors (Lipinski definition) is 9. The molecule has 0 atom stereocenters. The van der Waals surface area contributed by atoms with E-state index < -0.39 is 34.3 Å². The molecule has 0 spiro atoms. The minimum atomic E-state index is -0.805. The van der Waals surface area contributed by atoms with Crippen molar-refractivity contribution in [1.29, 1.82) is 0 Å². The Bertz CT molecular complexity index is 1470. The third kappa shape index (κ3) is 6.89. The molecule has 3 aromatic rings. The van der Waals surface area contributed by atoms with E-state index in [1.54, 1.807) is 30.3 Å². The molecule has 13 heteroatoms. The highest BCUT2D eigenvalue weighted by molar-refractivity contribution is 6.12. The molecule has 3 N–H and O–H groups in total. The van der Waals surface area contributed by atoms with Gasteiger partial charge in [0.2, 0.25) is 11.8 Å². The van der Waals surface area contributed by atoms with Crippen molar-refractivity contribution in [3.63, 3.8) is 0 Å². The summed E-state index contributed by atoms with van der Waals surface area (Å²) in [5, 5.41) is 19.3. The van der Waals surface area contributed by atoms with Gasteiger partial charge in [-0.2, -0.15) is 0 Å². The van der Waals surface area contributed by atoms with Crippen molar-refractivity contribution in [1.82, 2.24) is 0 Å². The first kappa shape index (κ1) is 29.1. The SMILES string of the molecule is COC(=O)c1cc(OC)c(NC(=O)c2cc(OC)c([N+](=O)[O-])cc2NC(=O)Cc2ccccc2)cc1NC(C)=O. The van der Waals surface area contributed by atoms with E-state index in [-0.39, 0.29) is 46.1 Å². The maximum absolute atomic E-state index is 13.5. The molecule has 40 heavy (non-hydrogen) atoms. The van der Waals surface area contributed by atoms with Crippen LogP contribution in [-0.2, 0) is 20.7 Å². The lowest BCUT2D eigenvalue weighted by molar-refractivity contribution is -0.385. The van der Waals surface area contributed by atoms with Crippen molar-refractivity contribution in [3.05, 3.63) is 81.4 Å². The second-order valence-corrected chi connectivity index (χ2v) is 8.26. The Kier molecular flexibility index (Phi) is 9.36. The van der Waals surface area contributed by atoms with Crippen LogP contribution in [-0.4, -0.2) is 49.9 Å². The lowest BCUT2D eigenvalue weighted by Crippen LogP contribution is -2.20. The third-order valence-corrected chi connectivity index (χ3v) is 5.55. The number of nitro groups is 1. The van der Waals surface area contributed by atoms with E-state index in [0.29, 0.717) is 5.56 Å². The molecule has 0 aliphatic carbocycles. The van der Waals surface area contributed by atoms with Gasteiger partial charge in [0.15, 0.2) is 5.75 Å². The Hall–Kier alpha value is -5.46. The summed E-state index contributed by atoms with van der Waals surface area (Å²) < 4.78 is 15.2. The number of carbonyl (C=O) groups excluding carboxylic acids is 4. The Balaban J connectivity index is 2.05. The highest BCUT2D eigenvalue weighted by Crippen LogP contribution is 2.36. The van der Waals surface area contributed by atoms with E-state index >= 15 is 0 Å². The Morgan fingerprint density at radius 3 is 2.00 bits per heavy atom. The van der Waals surface area contributed by atoms with Crippen LogP contribution in [0.4, 0.5) is 22.7 Å². The number of methoxy groups -OCH3 is 3. The maximum Gasteiger partial charge on any atom is 0.340 e. The molecule has 0 radical (unpaired) electrons. The minimum absolute atomic E-state index is 0.0292. The molecule has 0 saturated carbocycles. The van der Waals surface area contributed by atoms with Crippen molar-refractivity contribution in [3.8, 4) is 11.5 Å². The van der Waals surface area contributed by atoms with Gasteiger partial charge in [-0.1, -0.05) is 30.3 Å². The zero-order valence-electron chi connectivity index (χ0n) is 22.0. The topological polar surface area (TPSA) is 175 Å². The van der Waals surface area contributed by atoms with Crippen LogP contribution in [0.15, 0.2) is 54.6 Å². The van der Waals surface area contributed by atoms with Gasteiger partial charge in [-0.15, -0.1) is 0 Å². The molecule has 3 amide bonds. The molecule has 208 valence electrons. The van der Waals surface area contributed by atoms with Crippen molar-refractivity contribution in [2.75, 3.05) is 37.3 Å². The monoisotopic (exact) mass is 550 g/mol. The Morgan fingerprint density at radius 1 is 0.800 bits per heavy atom. The maximum atomic E-state index is 13.5. The van der Waals surface area contributed by atoms with Crippen LogP contribution in [0.5, 0.6) is 11.5 Å². The van der Waals surface area contributed by atoms with E-state index in [9.17, 15) is 29.3 Å². The van der Waals surface area contributed by atoms with E-state index in [2.05, 4.69) is 16.0 Å². The van der Waals surface area contributed by atoms with Gasteiger partial charge in [-0.3, -0.25) is 24.5 Å². The molecule has 3 aromatic carbocycles. The molecule has 0 unspecified atom stereocenters. The zero-order chi connectivity index (χ0) is 29.4. The molecule has 0 aliphatic rings. The first-order valence-electron chi connectivity index (χ1n) is 11.7. The van der Waals surface area contributed by atoms with Crippen LogP contribution in [0.3, 0.4) is 0 Å². The largest absolute Gasteiger partial charge is 0.495 e. The lowest BCUT2D eigenvalue weighted by atomic mass is 10.1. The number of amides is 3. The molecular weight excluding hydrogens is 524 g/mol. The number of nitrogens with zero attached hydrogens (tertiary/aromatic N) is 1. The summed E-state index contributed by atoms with van der Waals surface area (Å²) in [6.07, 6.45) is -0.0510. The van der Waals surface area contributed by atoms with Gasteiger partial charge in [0, 0.05) is 19.1 Å². The highest BCUT2D eigenvalue weighted by Gasteiger charge is 2.25. The van der Waals surface area contributed by atoms with E-state index in [0.717, 1.165) is 19.2 Å². The highest BCUT2D eigenvalue weighted by atomic mass is 16.6. The summed E-state index contributed by atoms with van der Waals surface area (Å²) in [7, 11) is 3.66. The minimum Gasteiger partial charge on any atom is -0.495 e. The summed E-state index contributed by atoms with van der Waals surface area (Å²) in [4.78, 5) is 61.2. The number of nitro benzene ring substituents is 1. The Morgan fingerprint density at radius 2 is 1.43 bits per heavy atom. The quantitative estimate of drug-likeness (QED) is 0.193. The normalized spacial score (nSPS) is 10.2. The van der Waals surface area contributed by atoms with Crippen LogP contribution in [0.25, 0.3) is 0 Å². The molecule has 0 aliphatic heterocycles. The molecule has 0 fully saturated rings. The average Bonchev–Trinajstić information content (AvgIpc) is 2.92. The van der Waals surface area contributed by atoms with Gasteiger partial charge in [0.1, 0.15) is 5.75 Å². The van der Waals surface area contributed by atoms with E-state index in [1.807, 2.05) is 0 Å². The molecule has 0 saturated heterocycles. The fourth-order valence-corrected chi connectivity index (χ4v) is 3.75. The number of benzene rings is 3. The first-order valence-corrected chi connectivity index (χ1v) is 11.7. The summed E-state index contributed by atoms with van der Waals surface area (Å²) in [6.45, 7) is 1.23. The molecule has 0 bridgehead atoms. The molecule has 3 rings (SSSR count). The van der Waals surface area contributed by atoms with Gasteiger partial charge in [-0.05, 0) is 17.7 Å². The molecular formula is C27H26N4O9. The molecule has 13 nitrogen and oxygen atoms in total. The van der Waals surface area contributed by atoms with Gasteiger partial charge in [-0.25, -0.2) is 4.79 Å². The van der Waals surface area contributed by atoms with Gasteiger partial charge in [0.05, 0.1) is 60.9 Å². The lowest BCUT2D eigenvalue weighted by Gasteiger charge is -2.17. The summed E-state index contributed by atoms with van der Waals surface area (Å²) >= 11 is 0. The molecule has 0 heterocycles. The van der Waals surface area contributed by atoms with Crippen LogP contribution < -0.4 is 25.4 Å². The number of ether oxygens (including phenoxy) is 3. The third-order valence-electron chi connectivity index (χ3n) is 5.55. The van der Waals surface area contributed by atoms with Crippen LogP contribution in [0.1, 0.15) is 33.2 Å². The molecule has 0 aromatic heterocycles.